The minimum atomic E-state index is 0.239. The Balaban J connectivity index is 0. The molecule has 0 atom stereocenters. The van der Waals surface area contributed by atoms with Crippen LogP contribution in [0.3, 0.4) is 0 Å². The molecule has 1 rings (SSSR count). The fraction of sp³-hybridized carbons (Fsp3) is 0.692. The summed E-state index contributed by atoms with van der Waals surface area (Å²) in [6.45, 7) is 10.7. The Morgan fingerprint density at radius 3 is 1.83 bits per heavy atom. The fourth-order valence-electron chi connectivity index (χ4n) is 0.801. The SMILES string of the molecule is CC.CCC.CCOc1cc(OC)nc(OC)n1. The maximum Gasteiger partial charge on any atom is 0.322 e. The van der Waals surface area contributed by atoms with E-state index in [1.165, 1.54) is 20.6 Å². The Hall–Kier alpha value is -1.52. The van der Waals surface area contributed by atoms with Crippen molar-refractivity contribution < 1.29 is 14.2 Å². The molecule has 0 saturated carbocycles. The summed E-state index contributed by atoms with van der Waals surface area (Å²) in [6.07, 6.45) is 1.25. The Bertz CT molecular complexity index is 271. The molecule has 1 aromatic rings. The topological polar surface area (TPSA) is 53.5 Å². The summed E-state index contributed by atoms with van der Waals surface area (Å²) >= 11 is 0. The molecule has 1 aromatic heterocycles. The average Bonchev–Trinajstić information content (AvgIpc) is 2.42. The zero-order chi connectivity index (χ0) is 14.4. The first-order chi connectivity index (χ1) is 8.71. The van der Waals surface area contributed by atoms with E-state index in [2.05, 4.69) is 23.8 Å². The molecule has 0 radical (unpaired) electrons. The molecule has 0 fully saturated rings. The molecule has 18 heavy (non-hydrogen) atoms. The van der Waals surface area contributed by atoms with E-state index in [0.717, 1.165) is 0 Å². The largest absolute Gasteiger partial charge is 0.481 e. The second kappa shape index (κ2) is 13.5. The van der Waals surface area contributed by atoms with Crippen molar-refractivity contribution in [2.24, 2.45) is 0 Å². The van der Waals surface area contributed by atoms with Crippen LogP contribution in [0.25, 0.3) is 0 Å². The lowest BCUT2D eigenvalue weighted by molar-refractivity contribution is 0.301. The molecule has 106 valence electrons. The molecule has 0 saturated heterocycles. The van der Waals surface area contributed by atoms with Crippen molar-refractivity contribution in [3.05, 3.63) is 6.07 Å². The third-order valence-corrected chi connectivity index (χ3v) is 1.34. The molecule has 0 spiro atoms. The number of hydrogen-bond acceptors (Lipinski definition) is 5. The number of rotatable bonds is 4. The third-order valence-electron chi connectivity index (χ3n) is 1.34. The smallest absolute Gasteiger partial charge is 0.322 e. The van der Waals surface area contributed by atoms with Crippen LogP contribution in [0.1, 0.15) is 41.0 Å². The van der Waals surface area contributed by atoms with Gasteiger partial charge in [-0.15, -0.1) is 0 Å². The van der Waals surface area contributed by atoms with Crippen LogP contribution in [0.2, 0.25) is 0 Å². The van der Waals surface area contributed by atoms with Crippen molar-refractivity contribution in [2.45, 2.75) is 41.0 Å². The highest BCUT2D eigenvalue weighted by atomic mass is 16.5. The number of methoxy groups -OCH3 is 2. The summed E-state index contributed by atoms with van der Waals surface area (Å²) in [5.41, 5.74) is 0. The van der Waals surface area contributed by atoms with E-state index in [-0.39, 0.29) is 6.01 Å². The zero-order valence-electron chi connectivity index (χ0n) is 12.6. The molecule has 5 nitrogen and oxygen atoms in total. The molecule has 0 aromatic carbocycles. The Morgan fingerprint density at radius 2 is 1.44 bits per heavy atom. The van der Waals surface area contributed by atoms with Crippen LogP contribution in [0.5, 0.6) is 17.8 Å². The van der Waals surface area contributed by atoms with Gasteiger partial charge in [0, 0.05) is 0 Å². The first kappa shape index (κ1) is 18.8. The quantitative estimate of drug-likeness (QED) is 0.829. The number of aromatic nitrogens is 2. The van der Waals surface area contributed by atoms with E-state index < -0.39 is 0 Å². The minimum Gasteiger partial charge on any atom is -0.481 e. The van der Waals surface area contributed by atoms with Crippen LogP contribution in [-0.2, 0) is 0 Å². The number of nitrogens with zero attached hydrogens (tertiary/aromatic N) is 2. The molecular weight excluding hydrogens is 232 g/mol. The summed E-state index contributed by atoms with van der Waals surface area (Å²) in [7, 11) is 3.02. The lowest BCUT2D eigenvalue weighted by Gasteiger charge is -2.05. The molecule has 0 unspecified atom stereocenters. The Labute approximate surface area is 111 Å². The fourth-order valence-corrected chi connectivity index (χ4v) is 0.801. The van der Waals surface area contributed by atoms with E-state index >= 15 is 0 Å². The Morgan fingerprint density at radius 1 is 0.944 bits per heavy atom. The molecule has 1 heterocycles. The number of ether oxygens (including phenoxy) is 3. The normalized spacial score (nSPS) is 8.17. The second-order valence-corrected chi connectivity index (χ2v) is 2.88. The third kappa shape index (κ3) is 8.61. The van der Waals surface area contributed by atoms with Crippen molar-refractivity contribution in [3.63, 3.8) is 0 Å². The van der Waals surface area contributed by atoms with Crippen LogP contribution in [0.15, 0.2) is 6.07 Å². The average molecular weight is 258 g/mol. The monoisotopic (exact) mass is 258 g/mol. The maximum absolute atomic E-state index is 5.18. The molecule has 0 aliphatic rings. The van der Waals surface area contributed by atoms with Crippen molar-refractivity contribution in [1.29, 1.82) is 0 Å². The highest BCUT2D eigenvalue weighted by Gasteiger charge is 2.04. The van der Waals surface area contributed by atoms with Gasteiger partial charge in [0.25, 0.3) is 0 Å². The second-order valence-electron chi connectivity index (χ2n) is 2.88. The summed E-state index contributed by atoms with van der Waals surface area (Å²) in [5, 5.41) is 0. The van der Waals surface area contributed by atoms with Gasteiger partial charge in [0.05, 0.1) is 26.9 Å². The van der Waals surface area contributed by atoms with Gasteiger partial charge >= 0.3 is 6.01 Å². The van der Waals surface area contributed by atoms with Gasteiger partial charge < -0.3 is 14.2 Å². The molecule has 0 N–H and O–H groups in total. The van der Waals surface area contributed by atoms with Gasteiger partial charge in [0.1, 0.15) is 0 Å². The molecular formula is C13H26N2O3. The molecule has 0 aliphatic heterocycles. The van der Waals surface area contributed by atoms with Crippen LogP contribution < -0.4 is 14.2 Å². The minimum absolute atomic E-state index is 0.239. The predicted octanol–water partition coefficient (Wildman–Crippen LogP) is 3.34. The van der Waals surface area contributed by atoms with E-state index in [0.29, 0.717) is 18.4 Å². The van der Waals surface area contributed by atoms with Crippen molar-refractivity contribution in [2.75, 3.05) is 20.8 Å². The van der Waals surface area contributed by atoms with Gasteiger partial charge in [0.15, 0.2) is 0 Å². The number of hydrogen-bond donors (Lipinski definition) is 0. The maximum atomic E-state index is 5.18. The van der Waals surface area contributed by atoms with Gasteiger partial charge in [-0.25, -0.2) is 0 Å². The van der Waals surface area contributed by atoms with Crippen molar-refractivity contribution in [1.82, 2.24) is 9.97 Å². The highest BCUT2D eigenvalue weighted by molar-refractivity contribution is 5.22. The van der Waals surface area contributed by atoms with E-state index in [1.807, 2.05) is 20.8 Å². The predicted molar refractivity (Wildman–Crippen MR) is 73.6 cm³/mol. The molecule has 5 heteroatoms. The van der Waals surface area contributed by atoms with Crippen LogP contribution >= 0.6 is 0 Å². The van der Waals surface area contributed by atoms with Crippen LogP contribution in [-0.4, -0.2) is 30.8 Å². The van der Waals surface area contributed by atoms with Gasteiger partial charge in [-0.05, 0) is 6.92 Å². The first-order valence-electron chi connectivity index (χ1n) is 6.31. The van der Waals surface area contributed by atoms with E-state index in [1.54, 1.807) is 6.07 Å². The molecule has 0 bridgehead atoms. The van der Waals surface area contributed by atoms with Crippen LogP contribution in [0.4, 0.5) is 0 Å². The molecule has 0 aliphatic carbocycles. The van der Waals surface area contributed by atoms with Gasteiger partial charge in [-0.3, -0.25) is 0 Å². The summed E-state index contributed by atoms with van der Waals surface area (Å²) in [4.78, 5) is 7.87. The summed E-state index contributed by atoms with van der Waals surface area (Å²) in [5.74, 6) is 0.876. The van der Waals surface area contributed by atoms with Crippen molar-refractivity contribution >= 4 is 0 Å². The van der Waals surface area contributed by atoms with Crippen LogP contribution in [0, 0.1) is 0 Å². The first-order valence-corrected chi connectivity index (χ1v) is 6.31. The zero-order valence-corrected chi connectivity index (χ0v) is 12.6. The molecule has 0 amide bonds. The van der Waals surface area contributed by atoms with Gasteiger partial charge in [-0.1, -0.05) is 34.1 Å². The van der Waals surface area contributed by atoms with E-state index in [9.17, 15) is 0 Å². The Kier molecular flexibility index (Phi) is 14.2. The van der Waals surface area contributed by atoms with Gasteiger partial charge in [-0.2, -0.15) is 9.97 Å². The lowest BCUT2D eigenvalue weighted by Crippen LogP contribution is -2.00. The van der Waals surface area contributed by atoms with Crippen molar-refractivity contribution in [3.8, 4) is 17.8 Å². The van der Waals surface area contributed by atoms with Gasteiger partial charge in [0.2, 0.25) is 11.8 Å². The summed E-state index contributed by atoms with van der Waals surface area (Å²) < 4.78 is 15.0. The highest BCUT2D eigenvalue weighted by Crippen LogP contribution is 2.18. The lowest BCUT2D eigenvalue weighted by atomic mass is 10.6. The van der Waals surface area contributed by atoms with E-state index in [4.69, 9.17) is 14.2 Å². The standard InChI is InChI=1S/C8H12N2O3.C3H8.C2H6/c1-4-13-7-5-6(11-2)9-8(10-7)12-3;1-3-2;1-2/h5H,4H2,1-3H3;3H2,1-2H3;1-2H3. The summed E-state index contributed by atoms with van der Waals surface area (Å²) in [6, 6.07) is 1.84.